The quantitative estimate of drug-likeness (QED) is 0.677. The van der Waals surface area contributed by atoms with Crippen LogP contribution in [0.4, 0.5) is 0 Å². The van der Waals surface area contributed by atoms with Crippen LogP contribution in [0.3, 0.4) is 0 Å². The van der Waals surface area contributed by atoms with Gasteiger partial charge in [0.25, 0.3) is 0 Å². The third kappa shape index (κ3) is 1.72. The first kappa shape index (κ1) is 11.3. The summed E-state index contributed by atoms with van der Waals surface area (Å²) in [5.74, 6) is 0.795. The lowest BCUT2D eigenvalue weighted by atomic mass is 9.95. The van der Waals surface area contributed by atoms with E-state index in [-0.39, 0.29) is 0 Å². The molecule has 0 N–H and O–H groups in total. The van der Waals surface area contributed by atoms with Gasteiger partial charge in [0.05, 0.1) is 11.4 Å². The SMILES string of the molecule is Cn1cc2c(n1)-c1cnc(-c3ccccc3)nc1CC2. The maximum atomic E-state index is 4.73. The predicted molar refractivity (Wildman–Crippen MR) is 77.1 cm³/mol. The highest BCUT2D eigenvalue weighted by atomic mass is 15.3. The molecular weight excluding hydrogens is 248 g/mol. The minimum atomic E-state index is 0.795. The third-order valence-corrected chi connectivity index (χ3v) is 3.69. The van der Waals surface area contributed by atoms with Gasteiger partial charge in [-0.3, -0.25) is 4.68 Å². The summed E-state index contributed by atoms with van der Waals surface area (Å²) in [6, 6.07) is 10.1. The lowest BCUT2D eigenvalue weighted by Crippen LogP contribution is -2.07. The summed E-state index contributed by atoms with van der Waals surface area (Å²) in [4.78, 5) is 9.24. The summed E-state index contributed by atoms with van der Waals surface area (Å²) in [6.07, 6.45) is 5.96. The van der Waals surface area contributed by atoms with Crippen LogP contribution in [0.25, 0.3) is 22.6 Å². The number of aryl methyl sites for hydroxylation is 3. The Morgan fingerprint density at radius 1 is 1.10 bits per heavy atom. The average Bonchev–Trinajstić information content (AvgIpc) is 2.88. The van der Waals surface area contributed by atoms with Crippen molar-refractivity contribution >= 4 is 0 Å². The van der Waals surface area contributed by atoms with Crippen LogP contribution in [0.2, 0.25) is 0 Å². The van der Waals surface area contributed by atoms with Crippen LogP contribution in [0.5, 0.6) is 0 Å². The lowest BCUT2D eigenvalue weighted by molar-refractivity contribution is 0.770. The number of rotatable bonds is 1. The number of hydrogen-bond acceptors (Lipinski definition) is 3. The topological polar surface area (TPSA) is 43.6 Å². The Hall–Kier alpha value is -2.49. The van der Waals surface area contributed by atoms with Crippen molar-refractivity contribution in [3.63, 3.8) is 0 Å². The second-order valence-electron chi connectivity index (χ2n) is 5.10. The van der Waals surface area contributed by atoms with E-state index in [1.807, 2.05) is 48.3 Å². The molecule has 0 spiro atoms. The fourth-order valence-electron chi connectivity index (χ4n) is 2.73. The summed E-state index contributed by atoms with van der Waals surface area (Å²) < 4.78 is 1.87. The molecule has 4 rings (SSSR count). The van der Waals surface area contributed by atoms with E-state index in [4.69, 9.17) is 4.98 Å². The molecule has 1 aliphatic rings. The monoisotopic (exact) mass is 262 g/mol. The molecule has 20 heavy (non-hydrogen) atoms. The summed E-state index contributed by atoms with van der Waals surface area (Å²) >= 11 is 0. The molecule has 0 aliphatic heterocycles. The van der Waals surface area contributed by atoms with Crippen molar-refractivity contribution in [1.29, 1.82) is 0 Å². The molecule has 3 aromatic rings. The van der Waals surface area contributed by atoms with Crippen LogP contribution < -0.4 is 0 Å². The largest absolute Gasteiger partial charge is 0.275 e. The number of fused-ring (bicyclic) bond motifs is 3. The molecule has 1 aromatic carbocycles. The van der Waals surface area contributed by atoms with Crippen LogP contribution in [0.1, 0.15) is 11.3 Å². The van der Waals surface area contributed by atoms with Gasteiger partial charge in [-0.15, -0.1) is 0 Å². The van der Waals surface area contributed by atoms with Gasteiger partial charge in [0, 0.05) is 30.6 Å². The maximum absolute atomic E-state index is 4.73. The first-order chi connectivity index (χ1) is 9.81. The normalized spacial score (nSPS) is 12.8. The van der Waals surface area contributed by atoms with E-state index in [0.29, 0.717) is 0 Å². The summed E-state index contributed by atoms with van der Waals surface area (Å²) in [5, 5.41) is 4.53. The van der Waals surface area contributed by atoms with Gasteiger partial charge in [-0.25, -0.2) is 9.97 Å². The second-order valence-corrected chi connectivity index (χ2v) is 5.10. The Morgan fingerprint density at radius 3 is 2.80 bits per heavy atom. The van der Waals surface area contributed by atoms with Gasteiger partial charge in [-0.05, 0) is 18.4 Å². The van der Waals surface area contributed by atoms with E-state index in [1.54, 1.807) is 0 Å². The fraction of sp³-hybridized carbons (Fsp3) is 0.188. The van der Waals surface area contributed by atoms with Crippen molar-refractivity contribution in [2.45, 2.75) is 12.8 Å². The number of hydrogen-bond donors (Lipinski definition) is 0. The highest BCUT2D eigenvalue weighted by Gasteiger charge is 2.21. The van der Waals surface area contributed by atoms with Gasteiger partial charge in [0.1, 0.15) is 0 Å². The minimum Gasteiger partial charge on any atom is -0.275 e. The van der Waals surface area contributed by atoms with E-state index in [0.717, 1.165) is 41.2 Å². The molecule has 0 bridgehead atoms. The van der Waals surface area contributed by atoms with Crippen molar-refractivity contribution < 1.29 is 0 Å². The number of aromatic nitrogens is 4. The van der Waals surface area contributed by atoms with E-state index < -0.39 is 0 Å². The summed E-state index contributed by atoms with van der Waals surface area (Å²) in [6.45, 7) is 0. The Labute approximate surface area is 117 Å². The number of benzene rings is 1. The highest BCUT2D eigenvalue weighted by molar-refractivity contribution is 5.68. The first-order valence-electron chi connectivity index (χ1n) is 6.75. The fourth-order valence-corrected chi connectivity index (χ4v) is 2.73. The Morgan fingerprint density at radius 2 is 1.95 bits per heavy atom. The van der Waals surface area contributed by atoms with E-state index in [2.05, 4.69) is 16.3 Å². The molecule has 2 aromatic heterocycles. The molecule has 0 unspecified atom stereocenters. The molecule has 0 fully saturated rings. The zero-order valence-corrected chi connectivity index (χ0v) is 11.2. The van der Waals surface area contributed by atoms with Crippen molar-refractivity contribution in [2.75, 3.05) is 0 Å². The van der Waals surface area contributed by atoms with E-state index in [1.165, 1.54) is 5.56 Å². The molecule has 0 amide bonds. The smallest absolute Gasteiger partial charge is 0.159 e. The molecule has 0 saturated heterocycles. The predicted octanol–water partition coefficient (Wildman–Crippen LogP) is 2.64. The summed E-state index contributed by atoms with van der Waals surface area (Å²) in [5.41, 5.74) is 5.56. The van der Waals surface area contributed by atoms with Gasteiger partial charge >= 0.3 is 0 Å². The van der Waals surface area contributed by atoms with E-state index >= 15 is 0 Å². The zero-order valence-electron chi connectivity index (χ0n) is 11.2. The average molecular weight is 262 g/mol. The molecule has 0 saturated carbocycles. The van der Waals surface area contributed by atoms with Crippen molar-refractivity contribution in [1.82, 2.24) is 19.7 Å². The minimum absolute atomic E-state index is 0.795. The first-order valence-corrected chi connectivity index (χ1v) is 6.75. The van der Waals surface area contributed by atoms with Crippen LogP contribution in [0, 0.1) is 0 Å². The molecule has 0 radical (unpaired) electrons. The van der Waals surface area contributed by atoms with Crippen LogP contribution in [0.15, 0.2) is 42.7 Å². The highest BCUT2D eigenvalue weighted by Crippen LogP contribution is 2.31. The van der Waals surface area contributed by atoms with Crippen molar-refractivity contribution in [3.05, 3.63) is 54.0 Å². The number of nitrogens with zero attached hydrogens (tertiary/aromatic N) is 4. The Balaban J connectivity index is 1.84. The van der Waals surface area contributed by atoms with Gasteiger partial charge in [0.15, 0.2) is 5.82 Å². The molecular formula is C16H14N4. The zero-order chi connectivity index (χ0) is 13.5. The van der Waals surface area contributed by atoms with Crippen LogP contribution in [-0.4, -0.2) is 19.7 Å². The molecule has 4 nitrogen and oxygen atoms in total. The molecule has 0 atom stereocenters. The van der Waals surface area contributed by atoms with Gasteiger partial charge in [-0.1, -0.05) is 30.3 Å². The maximum Gasteiger partial charge on any atom is 0.159 e. The van der Waals surface area contributed by atoms with Gasteiger partial charge in [-0.2, -0.15) is 5.10 Å². The standard InChI is InChI=1S/C16H14N4/c1-20-10-12-7-8-14-13(15(12)19-20)9-17-16(18-14)11-5-3-2-4-6-11/h2-6,9-10H,7-8H2,1H3. The van der Waals surface area contributed by atoms with Crippen molar-refractivity contribution in [2.24, 2.45) is 7.05 Å². The Bertz CT molecular complexity index is 774. The second kappa shape index (κ2) is 4.27. The molecule has 98 valence electrons. The van der Waals surface area contributed by atoms with Gasteiger partial charge < -0.3 is 0 Å². The van der Waals surface area contributed by atoms with Crippen molar-refractivity contribution in [3.8, 4) is 22.6 Å². The Kier molecular flexibility index (Phi) is 2.42. The van der Waals surface area contributed by atoms with E-state index in [9.17, 15) is 0 Å². The lowest BCUT2D eigenvalue weighted by Gasteiger charge is -2.14. The molecule has 4 heteroatoms. The van der Waals surface area contributed by atoms with Gasteiger partial charge in [0.2, 0.25) is 0 Å². The van der Waals surface area contributed by atoms with Crippen LogP contribution >= 0.6 is 0 Å². The molecule has 1 aliphatic carbocycles. The van der Waals surface area contributed by atoms with Crippen LogP contribution in [-0.2, 0) is 19.9 Å². The molecule has 2 heterocycles. The summed E-state index contributed by atoms with van der Waals surface area (Å²) in [7, 11) is 1.96. The third-order valence-electron chi connectivity index (χ3n) is 3.69.